The fraction of sp³-hybridized carbons (Fsp3) is 0.391. The van der Waals surface area contributed by atoms with Gasteiger partial charge in [-0.15, -0.1) is 0 Å². The number of carbonyl (C=O) groups is 2. The van der Waals surface area contributed by atoms with Gasteiger partial charge in [-0.3, -0.25) is 9.59 Å². The van der Waals surface area contributed by atoms with Crippen molar-refractivity contribution >= 4 is 11.9 Å². The van der Waals surface area contributed by atoms with Crippen molar-refractivity contribution in [3.8, 4) is 0 Å². The molecule has 0 aliphatic carbocycles. The third kappa shape index (κ3) is 4.21. The Hall–Kier alpha value is -2.62. The lowest BCUT2D eigenvalue weighted by Gasteiger charge is -2.40. The van der Waals surface area contributed by atoms with E-state index in [-0.39, 0.29) is 17.7 Å². The van der Waals surface area contributed by atoms with Crippen molar-refractivity contribution in [2.75, 3.05) is 0 Å². The molecule has 1 fully saturated rings. The maximum Gasteiger partial charge on any atom is 0.308 e. The predicted octanol–water partition coefficient (Wildman–Crippen LogP) is 4.55. The molecule has 2 aromatic carbocycles. The number of aliphatic carboxylic acids is 1. The van der Waals surface area contributed by atoms with Crippen LogP contribution in [0.15, 0.2) is 54.6 Å². The van der Waals surface area contributed by atoms with Crippen molar-refractivity contribution in [1.82, 2.24) is 4.90 Å². The van der Waals surface area contributed by atoms with E-state index in [0.29, 0.717) is 13.0 Å². The number of piperidine rings is 1. The van der Waals surface area contributed by atoms with Gasteiger partial charge >= 0.3 is 5.97 Å². The number of carboxylic acid groups (broad SMARTS) is 1. The standard InChI is InChI=1S/C23H27NO3/c1-23(2,3)18-11-9-17(10-12-18)21-19(22(26)27)13-14-20(25)24(21)15-16-7-5-4-6-8-16/h4-12,19,21H,13-15H2,1-3H3,(H,26,27). The zero-order valence-corrected chi connectivity index (χ0v) is 16.2. The van der Waals surface area contributed by atoms with Gasteiger partial charge in [0.15, 0.2) is 0 Å². The summed E-state index contributed by atoms with van der Waals surface area (Å²) in [4.78, 5) is 26.4. The molecule has 3 rings (SSSR count). The van der Waals surface area contributed by atoms with Crippen LogP contribution < -0.4 is 0 Å². The second-order valence-electron chi connectivity index (χ2n) is 8.31. The van der Waals surface area contributed by atoms with E-state index in [1.807, 2.05) is 54.6 Å². The maximum atomic E-state index is 12.7. The summed E-state index contributed by atoms with van der Waals surface area (Å²) in [7, 11) is 0. The Labute approximate surface area is 160 Å². The van der Waals surface area contributed by atoms with Crippen molar-refractivity contribution in [2.45, 2.75) is 51.6 Å². The van der Waals surface area contributed by atoms with E-state index in [2.05, 4.69) is 20.8 Å². The number of carbonyl (C=O) groups excluding carboxylic acids is 1. The lowest BCUT2D eigenvalue weighted by Crippen LogP contribution is -2.44. The second kappa shape index (κ2) is 7.55. The molecule has 2 atom stereocenters. The van der Waals surface area contributed by atoms with Crippen LogP contribution in [0.2, 0.25) is 0 Å². The second-order valence-corrected chi connectivity index (χ2v) is 8.31. The summed E-state index contributed by atoms with van der Waals surface area (Å²) in [6, 6.07) is 17.4. The van der Waals surface area contributed by atoms with Crippen LogP contribution in [0, 0.1) is 5.92 Å². The number of hydrogen-bond donors (Lipinski definition) is 1. The van der Waals surface area contributed by atoms with E-state index in [0.717, 1.165) is 11.1 Å². The molecule has 1 aliphatic heterocycles. The van der Waals surface area contributed by atoms with Gasteiger partial charge in [0.25, 0.3) is 0 Å². The van der Waals surface area contributed by atoms with Gasteiger partial charge in [-0.05, 0) is 28.5 Å². The molecule has 4 heteroatoms. The quantitative estimate of drug-likeness (QED) is 0.865. The van der Waals surface area contributed by atoms with Gasteiger partial charge in [-0.2, -0.15) is 0 Å². The zero-order chi connectivity index (χ0) is 19.6. The molecule has 1 aliphatic rings. The third-order valence-electron chi connectivity index (χ3n) is 5.34. The molecule has 0 radical (unpaired) electrons. The van der Waals surface area contributed by atoms with Crippen molar-refractivity contribution in [2.24, 2.45) is 5.92 Å². The first-order valence-corrected chi connectivity index (χ1v) is 9.44. The maximum absolute atomic E-state index is 12.7. The van der Waals surface area contributed by atoms with E-state index in [1.54, 1.807) is 4.90 Å². The summed E-state index contributed by atoms with van der Waals surface area (Å²) >= 11 is 0. The monoisotopic (exact) mass is 365 g/mol. The van der Waals surface area contributed by atoms with Crippen molar-refractivity contribution < 1.29 is 14.7 Å². The Bertz CT molecular complexity index is 806. The lowest BCUT2D eigenvalue weighted by molar-refractivity contribution is -0.152. The zero-order valence-electron chi connectivity index (χ0n) is 16.2. The number of carboxylic acids is 1. The summed E-state index contributed by atoms with van der Waals surface area (Å²) in [5, 5.41) is 9.79. The molecule has 4 nitrogen and oxygen atoms in total. The van der Waals surface area contributed by atoms with E-state index in [9.17, 15) is 14.7 Å². The Balaban J connectivity index is 1.98. The molecule has 0 bridgehead atoms. The predicted molar refractivity (Wildman–Crippen MR) is 105 cm³/mol. The number of rotatable bonds is 4. The molecular formula is C23H27NO3. The van der Waals surface area contributed by atoms with Gasteiger partial charge < -0.3 is 10.0 Å². The van der Waals surface area contributed by atoms with E-state index >= 15 is 0 Å². The van der Waals surface area contributed by atoms with E-state index in [4.69, 9.17) is 0 Å². The van der Waals surface area contributed by atoms with E-state index < -0.39 is 17.9 Å². The summed E-state index contributed by atoms with van der Waals surface area (Å²) in [5.41, 5.74) is 3.11. The summed E-state index contributed by atoms with van der Waals surface area (Å²) in [6.45, 7) is 6.87. The molecule has 1 N–H and O–H groups in total. The molecule has 2 unspecified atom stereocenters. The highest BCUT2D eigenvalue weighted by atomic mass is 16.4. The molecule has 1 heterocycles. The Morgan fingerprint density at radius 1 is 1.07 bits per heavy atom. The average Bonchev–Trinajstić information content (AvgIpc) is 2.63. The van der Waals surface area contributed by atoms with Gasteiger partial charge in [0.05, 0.1) is 12.0 Å². The van der Waals surface area contributed by atoms with E-state index in [1.165, 1.54) is 5.56 Å². The molecular weight excluding hydrogens is 338 g/mol. The van der Waals surface area contributed by atoms with Crippen LogP contribution in [0.5, 0.6) is 0 Å². The van der Waals surface area contributed by atoms with Crippen molar-refractivity contribution in [3.05, 3.63) is 71.3 Å². The smallest absolute Gasteiger partial charge is 0.308 e. The first kappa shape index (κ1) is 19.2. The first-order chi connectivity index (χ1) is 12.8. The fourth-order valence-electron chi connectivity index (χ4n) is 3.77. The van der Waals surface area contributed by atoms with Gasteiger partial charge in [-0.1, -0.05) is 75.4 Å². The average molecular weight is 365 g/mol. The molecule has 142 valence electrons. The molecule has 0 saturated carbocycles. The van der Waals surface area contributed by atoms with Gasteiger partial charge in [0.2, 0.25) is 5.91 Å². The highest BCUT2D eigenvalue weighted by Gasteiger charge is 2.40. The minimum absolute atomic E-state index is 0.0150. The summed E-state index contributed by atoms with van der Waals surface area (Å²) in [6.07, 6.45) is 0.658. The first-order valence-electron chi connectivity index (χ1n) is 9.44. The molecule has 2 aromatic rings. The van der Waals surface area contributed by atoms with Crippen LogP contribution in [0.3, 0.4) is 0 Å². The van der Waals surface area contributed by atoms with Crippen LogP contribution in [-0.2, 0) is 21.5 Å². The van der Waals surface area contributed by atoms with Gasteiger partial charge in [0, 0.05) is 13.0 Å². The summed E-state index contributed by atoms with van der Waals surface area (Å²) in [5.74, 6) is -1.42. The number of amides is 1. The van der Waals surface area contributed by atoms with Crippen LogP contribution in [0.25, 0.3) is 0 Å². The lowest BCUT2D eigenvalue weighted by atomic mass is 9.81. The Kier molecular flexibility index (Phi) is 5.36. The van der Waals surface area contributed by atoms with Crippen LogP contribution >= 0.6 is 0 Å². The largest absolute Gasteiger partial charge is 0.481 e. The van der Waals surface area contributed by atoms with Gasteiger partial charge in [-0.25, -0.2) is 0 Å². The minimum Gasteiger partial charge on any atom is -0.481 e. The number of likely N-dealkylation sites (tertiary alicyclic amines) is 1. The van der Waals surface area contributed by atoms with Crippen molar-refractivity contribution in [3.63, 3.8) is 0 Å². The van der Waals surface area contributed by atoms with Crippen molar-refractivity contribution in [1.29, 1.82) is 0 Å². The topological polar surface area (TPSA) is 57.6 Å². The number of hydrogen-bond acceptors (Lipinski definition) is 2. The highest BCUT2D eigenvalue weighted by molar-refractivity contribution is 5.81. The van der Waals surface area contributed by atoms with Crippen LogP contribution in [0.1, 0.15) is 56.3 Å². The summed E-state index contributed by atoms with van der Waals surface area (Å²) < 4.78 is 0. The van der Waals surface area contributed by atoms with Crippen LogP contribution in [-0.4, -0.2) is 21.9 Å². The highest BCUT2D eigenvalue weighted by Crippen LogP contribution is 2.38. The number of benzene rings is 2. The van der Waals surface area contributed by atoms with Gasteiger partial charge in [0.1, 0.15) is 0 Å². The van der Waals surface area contributed by atoms with Crippen LogP contribution in [0.4, 0.5) is 0 Å². The fourth-order valence-corrected chi connectivity index (χ4v) is 3.77. The molecule has 27 heavy (non-hydrogen) atoms. The number of nitrogens with zero attached hydrogens (tertiary/aromatic N) is 1. The molecule has 0 spiro atoms. The minimum atomic E-state index is -0.842. The molecule has 1 saturated heterocycles. The third-order valence-corrected chi connectivity index (χ3v) is 5.34. The Morgan fingerprint density at radius 2 is 1.70 bits per heavy atom. The molecule has 1 amide bonds. The SMILES string of the molecule is CC(C)(C)c1ccc(C2C(C(=O)O)CCC(=O)N2Cc2ccccc2)cc1. The Morgan fingerprint density at radius 3 is 2.26 bits per heavy atom. The normalized spacial score (nSPS) is 20.6. The molecule has 0 aromatic heterocycles.